The van der Waals surface area contributed by atoms with Gasteiger partial charge in [0.2, 0.25) is 5.91 Å². The molecule has 0 aliphatic rings. The van der Waals surface area contributed by atoms with E-state index in [0.29, 0.717) is 19.4 Å². The Morgan fingerprint density at radius 1 is 1.47 bits per heavy atom. The molecule has 0 saturated carbocycles. The lowest BCUT2D eigenvalue weighted by Crippen LogP contribution is -2.39. The van der Waals surface area contributed by atoms with Gasteiger partial charge in [-0.2, -0.15) is 16.6 Å². The minimum Gasteiger partial charge on any atom is -0.351 e. The first-order valence-electron chi connectivity index (χ1n) is 5.80. The lowest BCUT2D eigenvalue weighted by molar-refractivity contribution is -0.128. The number of hydrogen-bond acceptors (Lipinski definition) is 3. The lowest BCUT2D eigenvalue weighted by Gasteiger charge is -2.22. The molecule has 1 rings (SSSR count). The van der Waals surface area contributed by atoms with Crippen LogP contribution in [0.25, 0.3) is 0 Å². The fourth-order valence-electron chi connectivity index (χ4n) is 1.69. The first-order chi connectivity index (χ1) is 8.09. The van der Waals surface area contributed by atoms with Crippen molar-refractivity contribution in [2.24, 2.45) is 5.41 Å². The Morgan fingerprint density at radius 2 is 2.12 bits per heavy atom. The van der Waals surface area contributed by atoms with Gasteiger partial charge in [0.25, 0.3) is 0 Å². The number of nitrogens with zero attached hydrogens (tertiary/aromatic N) is 1. The summed E-state index contributed by atoms with van der Waals surface area (Å²) in [6.45, 7) is 6.29. The summed E-state index contributed by atoms with van der Waals surface area (Å²) in [5, 5.41) is 16.1. The van der Waals surface area contributed by atoms with Crippen LogP contribution in [0.1, 0.15) is 37.8 Å². The van der Waals surface area contributed by atoms with Crippen molar-refractivity contribution >= 4 is 17.2 Å². The van der Waals surface area contributed by atoms with E-state index >= 15 is 0 Å². The minimum atomic E-state index is -0.871. The zero-order valence-electron chi connectivity index (χ0n) is 10.5. The molecule has 3 nitrogen and oxygen atoms in total. The molecule has 4 heteroatoms. The highest BCUT2D eigenvalue weighted by Gasteiger charge is 2.34. The molecule has 0 aliphatic carbocycles. The summed E-state index contributed by atoms with van der Waals surface area (Å²) in [4.78, 5) is 12.0. The molecule has 1 aromatic heterocycles. The SMILES string of the molecule is CCC(C#N)(CC)C(=O)NCc1cscc1C. The number of carbonyl (C=O) groups excluding carboxylic acids is 1. The largest absolute Gasteiger partial charge is 0.351 e. The highest BCUT2D eigenvalue weighted by molar-refractivity contribution is 7.08. The molecule has 0 spiro atoms. The van der Waals surface area contributed by atoms with Crippen molar-refractivity contribution in [3.63, 3.8) is 0 Å². The van der Waals surface area contributed by atoms with Crippen LogP contribution in [-0.2, 0) is 11.3 Å². The molecular formula is C13H18N2OS. The van der Waals surface area contributed by atoms with Gasteiger partial charge in [0.05, 0.1) is 6.07 Å². The molecule has 1 heterocycles. The van der Waals surface area contributed by atoms with Gasteiger partial charge < -0.3 is 5.32 Å². The summed E-state index contributed by atoms with van der Waals surface area (Å²) >= 11 is 1.63. The zero-order chi connectivity index (χ0) is 12.9. The minimum absolute atomic E-state index is 0.157. The van der Waals surface area contributed by atoms with Crippen molar-refractivity contribution in [3.05, 3.63) is 21.9 Å². The Hall–Kier alpha value is -1.34. The smallest absolute Gasteiger partial charge is 0.240 e. The van der Waals surface area contributed by atoms with E-state index in [1.165, 1.54) is 5.56 Å². The van der Waals surface area contributed by atoms with Crippen LogP contribution >= 0.6 is 11.3 Å². The second-order valence-corrected chi connectivity index (χ2v) is 4.91. The highest BCUT2D eigenvalue weighted by atomic mass is 32.1. The number of hydrogen-bond donors (Lipinski definition) is 1. The van der Waals surface area contributed by atoms with E-state index in [2.05, 4.69) is 16.8 Å². The maximum absolute atomic E-state index is 12.0. The van der Waals surface area contributed by atoms with Crippen molar-refractivity contribution in [2.45, 2.75) is 40.2 Å². The fraction of sp³-hybridized carbons (Fsp3) is 0.538. The number of carbonyl (C=O) groups is 1. The van der Waals surface area contributed by atoms with Gasteiger partial charge in [-0.1, -0.05) is 13.8 Å². The van der Waals surface area contributed by atoms with Crippen molar-refractivity contribution in [1.82, 2.24) is 5.32 Å². The van der Waals surface area contributed by atoms with E-state index < -0.39 is 5.41 Å². The third kappa shape index (κ3) is 2.86. The van der Waals surface area contributed by atoms with Gasteiger partial charge in [-0.3, -0.25) is 4.79 Å². The number of nitriles is 1. The summed E-state index contributed by atoms with van der Waals surface area (Å²) in [6.07, 6.45) is 1.10. The van der Waals surface area contributed by atoms with Crippen LogP contribution in [0, 0.1) is 23.7 Å². The Balaban J connectivity index is 2.67. The van der Waals surface area contributed by atoms with E-state index in [1.54, 1.807) is 11.3 Å². The monoisotopic (exact) mass is 250 g/mol. The average molecular weight is 250 g/mol. The van der Waals surface area contributed by atoms with Crippen LogP contribution < -0.4 is 5.32 Å². The van der Waals surface area contributed by atoms with Gasteiger partial charge in [-0.25, -0.2) is 0 Å². The van der Waals surface area contributed by atoms with E-state index in [0.717, 1.165) is 5.56 Å². The highest BCUT2D eigenvalue weighted by Crippen LogP contribution is 2.25. The molecule has 17 heavy (non-hydrogen) atoms. The predicted molar refractivity (Wildman–Crippen MR) is 69.5 cm³/mol. The number of amides is 1. The van der Waals surface area contributed by atoms with E-state index in [1.807, 2.05) is 26.2 Å². The molecule has 0 radical (unpaired) electrons. The number of nitrogens with one attached hydrogen (secondary N) is 1. The molecular weight excluding hydrogens is 232 g/mol. The molecule has 1 amide bonds. The fourth-order valence-corrected chi connectivity index (χ4v) is 2.55. The first kappa shape index (κ1) is 13.7. The summed E-state index contributed by atoms with van der Waals surface area (Å²) in [6, 6.07) is 2.15. The molecule has 1 N–H and O–H groups in total. The van der Waals surface area contributed by atoms with Crippen LogP contribution in [0.2, 0.25) is 0 Å². The van der Waals surface area contributed by atoms with Gasteiger partial charge >= 0.3 is 0 Å². The van der Waals surface area contributed by atoms with Crippen molar-refractivity contribution in [3.8, 4) is 6.07 Å². The lowest BCUT2D eigenvalue weighted by atomic mass is 9.83. The number of thiophene rings is 1. The van der Waals surface area contributed by atoms with Crippen LogP contribution in [-0.4, -0.2) is 5.91 Å². The van der Waals surface area contributed by atoms with Crippen LogP contribution in [0.15, 0.2) is 10.8 Å². The van der Waals surface area contributed by atoms with Gasteiger partial charge in [0.15, 0.2) is 0 Å². The summed E-state index contributed by atoms with van der Waals surface area (Å²) < 4.78 is 0. The van der Waals surface area contributed by atoms with E-state index in [9.17, 15) is 4.79 Å². The summed E-state index contributed by atoms with van der Waals surface area (Å²) in [5.41, 5.74) is 1.44. The molecule has 0 atom stereocenters. The quantitative estimate of drug-likeness (QED) is 0.873. The molecule has 1 aromatic rings. The number of rotatable bonds is 5. The molecule has 0 bridgehead atoms. The molecule has 0 aliphatic heterocycles. The molecule has 0 saturated heterocycles. The summed E-state index contributed by atoms with van der Waals surface area (Å²) in [7, 11) is 0. The Morgan fingerprint density at radius 3 is 2.53 bits per heavy atom. The molecule has 0 aromatic carbocycles. The first-order valence-corrected chi connectivity index (χ1v) is 6.75. The molecule has 0 unspecified atom stereocenters. The third-order valence-electron chi connectivity index (χ3n) is 3.26. The second-order valence-electron chi connectivity index (χ2n) is 4.16. The maximum atomic E-state index is 12.0. The van der Waals surface area contributed by atoms with Gasteiger partial charge in [-0.05, 0) is 41.7 Å². The third-order valence-corrected chi connectivity index (χ3v) is 4.17. The van der Waals surface area contributed by atoms with Gasteiger partial charge in [0.1, 0.15) is 5.41 Å². The molecule has 0 fully saturated rings. The Labute approximate surface area is 106 Å². The van der Waals surface area contributed by atoms with Crippen molar-refractivity contribution < 1.29 is 4.79 Å². The van der Waals surface area contributed by atoms with Crippen LogP contribution in [0.3, 0.4) is 0 Å². The average Bonchev–Trinajstić information content (AvgIpc) is 2.75. The van der Waals surface area contributed by atoms with Gasteiger partial charge in [0, 0.05) is 6.54 Å². The Kier molecular flexibility index (Phi) is 4.71. The normalized spacial score (nSPS) is 10.9. The second kappa shape index (κ2) is 5.83. The zero-order valence-corrected chi connectivity index (χ0v) is 11.4. The molecule has 92 valence electrons. The van der Waals surface area contributed by atoms with Gasteiger partial charge in [-0.15, -0.1) is 0 Å². The Bertz CT molecular complexity index is 427. The predicted octanol–water partition coefficient (Wildman–Crippen LogP) is 3.00. The van der Waals surface area contributed by atoms with E-state index in [-0.39, 0.29) is 5.91 Å². The number of aryl methyl sites for hydroxylation is 1. The maximum Gasteiger partial charge on any atom is 0.240 e. The standard InChI is InChI=1S/C13H18N2OS/c1-4-13(5-2,9-14)12(16)15-6-11-8-17-7-10(11)3/h7-8H,4-6H2,1-3H3,(H,15,16). The summed E-state index contributed by atoms with van der Waals surface area (Å²) in [5.74, 6) is -0.157. The van der Waals surface area contributed by atoms with Crippen molar-refractivity contribution in [2.75, 3.05) is 0 Å². The van der Waals surface area contributed by atoms with Crippen LogP contribution in [0.4, 0.5) is 0 Å². The van der Waals surface area contributed by atoms with E-state index in [4.69, 9.17) is 5.26 Å². The topological polar surface area (TPSA) is 52.9 Å². The van der Waals surface area contributed by atoms with Crippen molar-refractivity contribution in [1.29, 1.82) is 5.26 Å². The van der Waals surface area contributed by atoms with Crippen LogP contribution in [0.5, 0.6) is 0 Å².